The van der Waals surface area contributed by atoms with Gasteiger partial charge in [-0.25, -0.2) is 0 Å². The Morgan fingerprint density at radius 2 is 2.10 bits per heavy atom. The van der Waals surface area contributed by atoms with Gasteiger partial charge < -0.3 is 29.9 Å². The highest BCUT2D eigenvalue weighted by Gasteiger charge is 2.35. The van der Waals surface area contributed by atoms with Crippen LogP contribution >= 0.6 is 35.6 Å². The molecule has 2 aliphatic heterocycles. The number of halogens is 2. The average Bonchev–Trinajstić information content (AvgIpc) is 3.20. The zero-order valence-corrected chi connectivity index (χ0v) is 21.5. The fourth-order valence-electron chi connectivity index (χ4n) is 4.18. The van der Waals surface area contributed by atoms with Crippen molar-refractivity contribution in [3.63, 3.8) is 0 Å². The molecule has 0 radical (unpaired) electrons. The highest BCUT2D eigenvalue weighted by molar-refractivity contribution is 14.0. The van der Waals surface area contributed by atoms with E-state index in [1.54, 1.807) is 7.11 Å². The molecule has 1 atom stereocenters. The fraction of sp³-hybridized carbons (Fsp3) is 0.667. The van der Waals surface area contributed by atoms with Crippen molar-refractivity contribution in [2.45, 2.75) is 30.8 Å². The summed E-state index contributed by atoms with van der Waals surface area (Å²) in [7, 11) is 7.82. The van der Waals surface area contributed by atoms with Crippen molar-refractivity contribution in [2.75, 3.05) is 66.0 Å². The first kappa shape index (κ1) is 25.3. The van der Waals surface area contributed by atoms with Gasteiger partial charge in [0.05, 0.1) is 12.8 Å². The quantitative estimate of drug-likeness (QED) is 0.322. The molecule has 30 heavy (non-hydrogen) atoms. The summed E-state index contributed by atoms with van der Waals surface area (Å²) < 4.78 is 11.1. The highest BCUT2D eigenvalue weighted by atomic mass is 127. The molecule has 0 aliphatic carbocycles. The molecule has 0 saturated carbocycles. The van der Waals surface area contributed by atoms with Crippen LogP contribution in [0.4, 0.5) is 5.69 Å². The summed E-state index contributed by atoms with van der Waals surface area (Å²) in [4.78, 5) is 9.09. The van der Waals surface area contributed by atoms with E-state index < -0.39 is 0 Å². The number of nitrogens with one attached hydrogen (secondary N) is 2. The van der Waals surface area contributed by atoms with Crippen molar-refractivity contribution in [3.8, 4) is 5.75 Å². The number of anilines is 1. The van der Waals surface area contributed by atoms with Crippen LogP contribution in [0.5, 0.6) is 5.75 Å². The minimum absolute atomic E-state index is 0. The van der Waals surface area contributed by atoms with E-state index in [-0.39, 0.29) is 29.5 Å². The number of hydrogen-bond donors (Lipinski definition) is 2. The van der Waals surface area contributed by atoms with E-state index in [1.807, 2.05) is 25.2 Å². The van der Waals surface area contributed by atoms with E-state index in [0.29, 0.717) is 6.04 Å². The molecule has 170 valence electrons. The molecule has 0 amide bonds. The Bertz CT molecular complexity index is 713. The van der Waals surface area contributed by atoms with Gasteiger partial charge in [0.15, 0.2) is 5.96 Å². The van der Waals surface area contributed by atoms with Crippen molar-refractivity contribution in [2.24, 2.45) is 4.99 Å². The Labute approximate surface area is 202 Å². The number of ether oxygens (including phenoxy) is 2. The molecule has 2 saturated heterocycles. The van der Waals surface area contributed by atoms with E-state index in [2.05, 4.69) is 39.5 Å². The number of rotatable bonds is 6. The second kappa shape index (κ2) is 11.6. The van der Waals surface area contributed by atoms with Crippen LogP contribution in [-0.2, 0) is 4.74 Å². The van der Waals surface area contributed by atoms with Gasteiger partial charge >= 0.3 is 0 Å². The van der Waals surface area contributed by atoms with Crippen molar-refractivity contribution < 1.29 is 9.47 Å². The normalized spacial score (nSPS) is 21.3. The molecule has 1 aromatic rings. The lowest BCUT2D eigenvalue weighted by molar-refractivity contribution is -0.00502. The molecule has 1 aromatic carbocycles. The van der Waals surface area contributed by atoms with Crippen LogP contribution in [0.1, 0.15) is 19.3 Å². The first-order chi connectivity index (χ1) is 14.0. The average molecular weight is 552 g/mol. The van der Waals surface area contributed by atoms with Crippen LogP contribution in [0.15, 0.2) is 23.2 Å². The lowest BCUT2D eigenvalue weighted by Gasteiger charge is -2.43. The molecule has 0 bridgehead atoms. The molecular formula is C21H35ClIN5O2. The monoisotopic (exact) mass is 551 g/mol. The predicted molar refractivity (Wildman–Crippen MR) is 135 cm³/mol. The Hall–Kier alpha value is -0.970. The summed E-state index contributed by atoms with van der Waals surface area (Å²) in [5.41, 5.74) is 1.15. The Kier molecular flexibility index (Phi) is 9.77. The first-order valence-electron chi connectivity index (χ1n) is 10.3. The Morgan fingerprint density at radius 1 is 1.37 bits per heavy atom. The fourth-order valence-corrected chi connectivity index (χ4v) is 4.34. The number of hydrogen-bond acceptors (Lipinski definition) is 5. The highest BCUT2D eigenvalue weighted by Crippen LogP contribution is 2.33. The van der Waals surface area contributed by atoms with Gasteiger partial charge in [-0.1, -0.05) is 11.6 Å². The number of aliphatic imine (C=N–C) groups is 1. The van der Waals surface area contributed by atoms with E-state index in [9.17, 15) is 0 Å². The minimum atomic E-state index is 0. The summed E-state index contributed by atoms with van der Waals surface area (Å²) in [5, 5.41) is 7.86. The molecular weight excluding hydrogens is 517 g/mol. The van der Waals surface area contributed by atoms with E-state index >= 15 is 0 Å². The maximum absolute atomic E-state index is 6.21. The van der Waals surface area contributed by atoms with E-state index in [1.165, 1.54) is 0 Å². The lowest BCUT2D eigenvalue weighted by Crippen LogP contribution is -2.57. The van der Waals surface area contributed by atoms with Crippen molar-refractivity contribution in [3.05, 3.63) is 23.2 Å². The second-order valence-corrected chi connectivity index (χ2v) is 8.49. The number of likely N-dealkylation sites (N-methyl/N-ethyl adjacent to an activating group) is 1. The Balaban J connectivity index is 0.00000320. The minimum Gasteiger partial charge on any atom is -0.495 e. The number of methoxy groups -OCH3 is 1. The van der Waals surface area contributed by atoms with Gasteiger partial charge in [-0.3, -0.25) is 4.99 Å². The van der Waals surface area contributed by atoms with Gasteiger partial charge in [-0.15, -0.1) is 24.0 Å². The number of benzene rings is 1. The molecule has 2 aliphatic rings. The lowest BCUT2D eigenvalue weighted by atomic mass is 9.88. The maximum atomic E-state index is 6.21. The summed E-state index contributed by atoms with van der Waals surface area (Å²) in [6.45, 7) is 4.30. The topological polar surface area (TPSA) is 61.4 Å². The van der Waals surface area contributed by atoms with Gasteiger partial charge in [0.2, 0.25) is 0 Å². The Morgan fingerprint density at radius 3 is 2.73 bits per heavy atom. The van der Waals surface area contributed by atoms with Crippen molar-refractivity contribution >= 4 is 47.2 Å². The zero-order valence-electron chi connectivity index (χ0n) is 18.4. The third-order valence-electron chi connectivity index (χ3n) is 6.19. The molecule has 1 unspecified atom stereocenters. The molecule has 2 fully saturated rings. The zero-order chi connectivity index (χ0) is 20.9. The van der Waals surface area contributed by atoms with E-state index in [4.69, 9.17) is 21.1 Å². The molecule has 2 N–H and O–H groups in total. The van der Waals surface area contributed by atoms with Gasteiger partial charge in [-0.05, 0) is 51.6 Å². The van der Waals surface area contributed by atoms with Crippen molar-refractivity contribution in [1.29, 1.82) is 0 Å². The summed E-state index contributed by atoms with van der Waals surface area (Å²) in [5.74, 6) is 1.70. The first-order valence-corrected chi connectivity index (χ1v) is 10.7. The summed E-state index contributed by atoms with van der Waals surface area (Å²) in [6, 6.07) is 6.07. The van der Waals surface area contributed by atoms with Crippen LogP contribution < -0.4 is 20.3 Å². The molecule has 3 rings (SSSR count). The standard InChI is InChI=1S/C21H34ClN5O2.HI/c1-23-20(24-15-21(26(2)3)8-11-29-12-9-21)25-17-7-10-27(14-17)18-13-16(22)5-6-19(18)28-4;/h5-6,13,17H,7-12,14-15H2,1-4H3,(H2,23,24,25);1H. The molecule has 0 spiro atoms. The molecule has 2 heterocycles. The van der Waals surface area contributed by atoms with Crippen LogP contribution in [0.25, 0.3) is 0 Å². The third-order valence-corrected chi connectivity index (χ3v) is 6.43. The van der Waals surface area contributed by atoms with Crippen LogP contribution in [0.3, 0.4) is 0 Å². The predicted octanol–water partition coefficient (Wildman–Crippen LogP) is 2.82. The third kappa shape index (κ3) is 6.05. The van der Waals surface area contributed by atoms with Gasteiger partial charge in [0.25, 0.3) is 0 Å². The van der Waals surface area contributed by atoms with Crippen LogP contribution in [0.2, 0.25) is 5.02 Å². The SMILES string of the molecule is CN=C(NCC1(N(C)C)CCOCC1)NC1CCN(c2cc(Cl)ccc2OC)C1.I. The summed E-state index contributed by atoms with van der Waals surface area (Å²) >= 11 is 6.21. The van der Waals surface area contributed by atoms with Crippen LogP contribution in [-0.4, -0.2) is 83.5 Å². The van der Waals surface area contributed by atoms with Gasteiger partial charge in [-0.2, -0.15) is 0 Å². The molecule has 0 aromatic heterocycles. The van der Waals surface area contributed by atoms with Gasteiger partial charge in [0.1, 0.15) is 5.75 Å². The molecule has 7 nitrogen and oxygen atoms in total. The van der Waals surface area contributed by atoms with Crippen LogP contribution in [0, 0.1) is 0 Å². The molecule has 9 heteroatoms. The maximum Gasteiger partial charge on any atom is 0.191 e. The number of guanidine groups is 1. The second-order valence-electron chi connectivity index (χ2n) is 8.05. The van der Waals surface area contributed by atoms with E-state index in [0.717, 1.165) is 74.5 Å². The summed E-state index contributed by atoms with van der Waals surface area (Å²) in [6.07, 6.45) is 3.08. The smallest absolute Gasteiger partial charge is 0.191 e. The van der Waals surface area contributed by atoms with Crippen molar-refractivity contribution in [1.82, 2.24) is 15.5 Å². The van der Waals surface area contributed by atoms with Gasteiger partial charge in [0, 0.05) is 56.5 Å². The number of nitrogens with zero attached hydrogens (tertiary/aromatic N) is 3. The largest absolute Gasteiger partial charge is 0.495 e.